The zero-order chi connectivity index (χ0) is 7.35. The number of rotatable bonds is 0. The second kappa shape index (κ2) is 2.22. The topological polar surface area (TPSA) is 0 Å². The molecule has 0 amide bonds. The van der Waals surface area contributed by atoms with Gasteiger partial charge in [0.25, 0.3) is 0 Å². The summed E-state index contributed by atoms with van der Waals surface area (Å²) in [6.45, 7) is 2.38. The van der Waals surface area contributed by atoms with Crippen LogP contribution in [0.15, 0.2) is 0 Å². The molecule has 2 fully saturated rings. The van der Waals surface area contributed by atoms with Gasteiger partial charge in [-0.3, -0.25) is 0 Å². The molecule has 0 aromatic rings. The Hall–Kier alpha value is 0.960. The van der Waals surface area contributed by atoms with E-state index in [4.69, 9.17) is 0 Å². The summed E-state index contributed by atoms with van der Waals surface area (Å²) in [5, 5.41) is 0. The highest BCUT2D eigenvalue weighted by Gasteiger charge is 2.64. The van der Waals surface area contributed by atoms with E-state index in [9.17, 15) is 0 Å². The fourth-order valence-electron chi connectivity index (χ4n) is 2.40. The molecule has 0 aromatic carbocycles. The monoisotopic (exact) mass is 266 g/mol. The lowest BCUT2D eigenvalue weighted by Crippen LogP contribution is -2.05. The van der Waals surface area contributed by atoms with Gasteiger partial charge in [0.2, 0.25) is 0 Å². The smallest absolute Gasteiger partial charge is 0.0721 e. The summed E-state index contributed by atoms with van der Waals surface area (Å²) in [4.78, 5) is 0. The van der Waals surface area contributed by atoms with E-state index < -0.39 is 0 Å². The Morgan fingerprint density at radius 2 is 2.00 bits per heavy atom. The normalized spacial score (nSPS) is 50.1. The van der Waals surface area contributed by atoms with Crippen LogP contribution in [0.5, 0.6) is 0 Å². The molecular formula is C8H12Br2. The van der Waals surface area contributed by atoms with E-state index in [1.54, 1.807) is 0 Å². The third kappa shape index (κ3) is 0.911. The number of fused-ring (bicyclic) bond motifs is 1. The van der Waals surface area contributed by atoms with Gasteiger partial charge < -0.3 is 0 Å². The van der Waals surface area contributed by atoms with Crippen LogP contribution in [0, 0.1) is 17.8 Å². The van der Waals surface area contributed by atoms with E-state index in [-0.39, 0.29) is 0 Å². The second-order valence-electron chi connectivity index (χ2n) is 3.71. The zero-order valence-electron chi connectivity index (χ0n) is 6.11. The van der Waals surface area contributed by atoms with Gasteiger partial charge in [-0.05, 0) is 24.2 Å². The Balaban J connectivity index is 2.11. The maximum atomic E-state index is 3.74. The molecule has 0 spiro atoms. The van der Waals surface area contributed by atoms with Crippen molar-refractivity contribution in [3.63, 3.8) is 0 Å². The standard InChI is InChI=1S/C8H12Br2/c1-5-3-2-4-6-7(5)8(6,9)10/h5-7H,2-4H2,1H3/t5-,6-,7+/m0/s1. The van der Waals surface area contributed by atoms with Crippen LogP contribution in [0.1, 0.15) is 26.2 Å². The van der Waals surface area contributed by atoms with Crippen molar-refractivity contribution >= 4 is 31.9 Å². The molecule has 2 saturated carbocycles. The number of alkyl halides is 2. The molecule has 0 heterocycles. The Kier molecular flexibility index (Phi) is 1.69. The molecular weight excluding hydrogens is 256 g/mol. The predicted molar refractivity (Wildman–Crippen MR) is 50.6 cm³/mol. The summed E-state index contributed by atoms with van der Waals surface area (Å²) in [5.74, 6) is 2.77. The summed E-state index contributed by atoms with van der Waals surface area (Å²) in [5.41, 5.74) is 0. The van der Waals surface area contributed by atoms with Crippen molar-refractivity contribution in [2.24, 2.45) is 17.8 Å². The Morgan fingerprint density at radius 3 is 2.50 bits per heavy atom. The third-order valence-corrected chi connectivity index (χ3v) is 5.28. The minimum Gasteiger partial charge on any atom is -0.0721 e. The predicted octanol–water partition coefficient (Wildman–Crippen LogP) is 3.54. The van der Waals surface area contributed by atoms with E-state index in [0.717, 1.165) is 17.8 Å². The van der Waals surface area contributed by atoms with Gasteiger partial charge in [-0.1, -0.05) is 51.6 Å². The van der Waals surface area contributed by atoms with Crippen LogP contribution in [0.2, 0.25) is 0 Å². The van der Waals surface area contributed by atoms with Gasteiger partial charge in [-0.15, -0.1) is 0 Å². The van der Waals surface area contributed by atoms with Crippen LogP contribution >= 0.6 is 31.9 Å². The largest absolute Gasteiger partial charge is 0.0871 e. The van der Waals surface area contributed by atoms with E-state index in [2.05, 4.69) is 38.8 Å². The van der Waals surface area contributed by atoms with Crippen molar-refractivity contribution < 1.29 is 0 Å². The van der Waals surface area contributed by atoms with Gasteiger partial charge in [-0.2, -0.15) is 0 Å². The highest BCUT2D eigenvalue weighted by Crippen LogP contribution is 2.69. The van der Waals surface area contributed by atoms with Gasteiger partial charge >= 0.3 is 0 Å². The Labute approximate surface area is 79.0 Å². The quantitative estimate of drug-likeness (QED) is 0.589. The number of hydrogen-bond donors (Lipinski definition) is 0. The highest BCUT2D eigenvalue weighted by atomic mass is 79.9. The SMILES string of the molecule is C[C@H]1CCC[C@H]2[C@@H]1C2(Br)Br. The van der Waals surface area contributed by atoms with Crippen molar-refractivity contribution in [2.45, 2.75) is 29.4 Å². The maximum absolute atomic E-state index is 3.74. The number of halogens is 2. The van der Waals surface area contributed by atoms with Gasteiger partial charge in [0, 0.05) is 0 Å². The van der Waals surface area contributed by atoms with Gasteiger partial charge in [0.1, 0.15) is 0 Å². The summed E-state index contributed by atoms with van der Waals surface area (Å²) in [7, 11) is 0. The molecule has 2 rings (SSSR count). The molecule has 0 aliphatic heterocycles. The maximum Gasteiger partial charge on any atom is 0.0871 e. The molecule has 0 unspecified atom stereocenters. The first-order valence-electron chi connectivity index (χ1n) is 4.02. The lowest BCUT2D eigenvalue weighted by molar-refractivity contribution is 0.362. The molecule has 2 heteroatoms. The Bertz CT molecular complexity index is 153. The minimum atomic E-state index is 0.343. The lowest BCUT2D eigenvalue weighted by atomic mass is 9.91. The molecule has 0 aromatic heterocycles. The molecule has 0 radical (unpaired) electrons. The second-order valence-corrected chi connectivity index (χ2v) is 7.40. The molecule has 10 heavy (non-hydrogen) atoms. The van der Waals surface area contributed by atoms with Crippen LogP contribution in [-0.4, -0.2) is 3.23 Å². The molecule has 2 aliphatic carbocycles. The van der Waals surface area contributed by atoms with E-state index >= 15 is 0 Å². The van der Waals surface area contributed by atoms with Gasteiger partial charge in [0.05, 0.1) is 3.23 Å². The molecule has 0 bridgehead atoms. The van der Waals surface area contributed by atoms with Crippen molar-refractivity contribution in [3.05, 3.63) is 0 Å². The first kappa shape index (κ1) is 7.60. The molecule has 58 valence electrons. The summed E-state index contributed by atoms with van der Waals surface area (Å²) < 4.78 is 0.343. The third-order valence-electron chi connectivity index (χ3n) is 3.05. The fourth-order valence-corrected chi connectivity index (χ4v) is 4.71. The van der Waals surface area contributed by atoms with Crippen LogP contribution in [0.4, 0.5) is 0 Å². The summed E-state index contributed by atoms with van der Waals surface area (Å²) in [6.07, 6.45) is 4.28. The average Bonchev–Trinajstić information content (AvgIpc) is 2.38. The zero-order valence-corrected chi connectivity index (χ0v) is 9.28. The highest BCUT2D eigenvalue weighted by molar-refractivity contribution is 9.25. The van der Waals surface area contributed by atoms with Crippen LogP contribution < -0.4 is 0 Å². The van der Waals surface area contributed by atoms with Crippen molar-refractivity contribution in [1.29, 1.82) is 0 Å². The fraction of sp³-hybridized carbons (Fsp3) is 1.00. The molecule has 3 atom stereocenters. The van der Waals surface area contributed by atoms with Crippen LogP contribution in [0.25, 0.3) is 0 Å². The van der Waals surface area contributed by atoms with E-state index in [1.165, 1.54) is 19.3 Å². The van der Waals surface area contributed by atoms with Gasteiger partial charge in [-0.25, -0.2) is 0 Å². The number of hydrogen-bond acceptors (Lipinski definition) is 0. The summed E-state index contributed by atoms with van der Waals surface area (Å²) in [6, 6.07) is 0. The molecule has 2 aliphatic rings. The molecule has 0 nitrogen and oxygen atoms in total. The molecule has 0 N–H and O–H groups in total. The van der Waals surface area contributed by atoms with Gasteiger partial charge in [0.15, 0.2) is 0 Å². The molecule has 0 saturated heterocycles. The summed E-state index contributed by atoms with van der Waals surface area (Å²) >= 11 is 7.47. The van der Waals surface area contributed by atoms with Crippen molar-refractivity contribution in [3.8, 4) is 0 Å². The Morgan fingerprint density at radius 1 is 1.30 bits per heavy atom. The average molecular weight is 268 g/mol. The minimum absolute atomic E-state index is 0.343. The van der Waals surface area contributed by atoms with Crippen molar-refractivity contribution in [1.82, 2.24) is 0 Å². The first-order valence-corrected chi connectivity index (χ1v) is 5.60. The van der Waals surface area contributed by atoms with Crippen LogP contribution in [-0.2, 0) is 0 Å². The lowest BCUT2D eigenvalue weighted by Gasteiger charge is -2.14. The van der Waals surface area contributed by atoms with E-state index in [0.29, 0.717) is 3.23 Å². The van der Waals surface area contributed by atoms with E-state index in [1.807, 2.05) is 0 Å². The van der Waals surface area contributed by atoms with Crippen molar-refractivity contribution in [2.75, 3.05) is 0 Å². The first-order chi connectivity index (χ1) is 4.64. The van der Waals surface area contributed by atoms with Crippen LogP contribution in [0.3, 0.4) is 0 Å².